The van der Waals surface area contributed by atoms with Gasteiger partial charge in [-0.15, -0.1) is 11.3 Å². The molecule has 1 unspecified atom stereocenters. The molecule has 1 heterocycles. The predicted molar refractivity (Wildman–Crippen MR) is 91.3 cm³/mol. The lowest BCUT2D eigenvalue weighted by molar-refractivity contribution is 0.224. The molecule has 1 saturated carbocycles. The standard InChI is InChI=1S/C18H24N2OS/c1-13-4-8-17(9-5-13)21-11-18-19-16(12-22-18)10-20(3)14(2)15-6-7-15/h4-5,8-9,12,14-15H,6-7,10-11H2,1-3H3. The fourth-order valence-corrected chi connectivity index (χ4v) is 3.30. The van der Waals surface area contributed by atoms with Crippen molar-refractivity contribution in [3.05, 3.63) is 45.9 Å². The lowest BCUT2D eigenvalue weighted by atomic mass is 10.2. The van der Waals surface area contributed by atoms with Crippen LogP contribution in [0, 0.1) is 12.8 Å². The van der Waals surface area contributed by atoms with Gasteiger partial charge in [0.15, 0.2) is 0 Å². The smallest absolute Gasteiger partial charge is 0.140 e. The number of hydrogen-bond donors (Lipinski definition) is 0. The van der Waals surface area contributed by atoms with Crippen molar-refractivity contribution in [3.63, 3.8) is 0 Å². The van der Waals surface area contributed by atoms with Crippen molar-refractivity contribution in [2.45, 2.75) is 45.9 Å². The Morgan fingerprint density at radius 2 is 2.05 bits per heavy atom. The van der Waals surface area contributed by atoms with E-state index in [-0.39, 0.29) is 0 Å². The summed E-state index contributed by atoms with van der Waals surface area (Å²) in [5.74, 6) is 1.80. The van der Waals surface area contributed by atoms with Gasteiger partial charge in [-0.2, -0.15) is 0 Å². The average Bonchev–Trinajstić information content (AvgIpc) is 3.27. The van der Waals surface area contributed by atoms with Crippen LogP contribution >= 0.6 is 11.3 Å². The normalized spacial score (nSPS) is 16.0. The lowest BCUT2D eigenvalue weighted by Gasteiger charge is -2.23. The summed E-state index contributed by atoms with van der Waals surface area (Å²) >= 11 is 1.69. The molecule has 3 nitrogen and oxygen atoms in total. The molecule has 3 rings (SSSR count). The van der Waals surface area contributed by atoms with Gasteiger partial charge in [0.2, 0.25) is 0 Å². The summed E-state index contributed by atoms with van der Waals surface area (Å²) in [6.45, 7) is 5.88. The Labute approximate surface area is 137 Å². The largest absolute Gasteiger partial charge is 0.486 e. The molecule has 0 radical (unpaired) electrons. The van der Waals surface area contributed by atoms with Crippen LogP contribution in [0.2, 0.25) is 0 Å². The van der Waals surface area contributed by atoms with E-state index in [4.69, 9.17) is 9.72 Å². The zero-order chi connectivity index (χ0) is 15.5. The number of aryl methyl sites for hydroxylation is 1. The molecular formula is C18H24N2OS. The van der Waals surface area contributed by atoms with Crippen molar-refractivity contribution in [1.82, 2.24) is 9.88 Å². The van der Waals surface area contributed by atoms with Crippen LogP contribution in [0.15, 0.2) is 29.6 Å². The fourth-order valence-electron chi connectivity index (χ4n) is 2.61. The third-order valence-corrected chi connectivity index (χ3v) is 5.26. The van der Waals surface area contributed by atoms with Crippen molar-refractivity contribution >= 4 is 11.3 Å². The zero-order valence-electron chi connectivity index (χ0n) is 13.6. The maximum absolute atomic E-state index is 5.80. The maximum atomic E-state index is 5.80. The zero-order valence-corrected chi connectivity index (χ0v) is 14.4. The second kappa shape index (κ2) is 6.80. The van der Waals surface area contributed by atoms with E-state index in [9.17, 15) is 0 Å². The third kappa shape index (κ3) is 4.08. The highest BCUT2D eigenvalue weighted by Gasteiger charge is 2.30. The predicted octanol–water partition coefficient (Wildman–Crippen LogP) is 4.26. The molecule has 0 spiro atoms. The van der Waals surface area contributed by atoms with Gasteiger partial charge in [-0.25, -0.2) is 4.98 Å². The number of nitrogens with zero attached hydrogens (tertiary/aromatic N) is 2. The number of hydrogen-bond acceptors (Lipinski definition) is 4. The first kappa shape index (κ1) is 15.5. The van der Waals surface area contributed by atoms with Crippen LogP contribution in [0.5, 0.6) is 5.75 Å². The summed E-state index contributed by atoms with van der Waals surface area (Å²) in [5.41, 5.74) is 2.40. The first-order valence-electron chi connectivity index (χ1n) is 7.95. The minimum Gasteiger partial charge on any atom is -0.486 e. The van der Waals surface area contributed by atoms with Gasteiger partial charge in [0.25, 0.3) is 0 Å². The highest BCUT2D eigenvalue weighted by Crippen LogP contribution is 2.35. The molecule has 4 heteroatoms. The quantitative estimate of drug-likeness (QED) is 0.763. The Balaban J connectivity index is 1.51. The van der Waals surface area contributed by atoms with Crippen molar-refractivity contribution in [3.8, 4) is 5.75 Å². The molecule has 22 heavy (non-hydrogen) atoms. The first-order chi connectivity index (χ1) is 10.6. The van der Waals surface area contributed by atoms with Gasteiger partial charge in [0.1, 0.15) is 17.4 Å². The second-order valence-corrected chi connectivity index (χ2v) is 7.27. The Morgan fingerprint density at radius 3 is 2.73 bits per heavy atom. The third-order valence-electron chi connectivity index (χ3n) is 4.39. The molecule has 0 bridgehead atoms. The SMILES string of the molecule is Cc1ccc(OCc2nc(CN(C)C(C)C3CC3)cs2)cc1. The topological polar surface area (TPSA) is 25.4 Å². The van der Waals surface area contributed by atoms with Gasteiger partial charge < -0.3 is 4.74 Å². The van der Waals surface area contributed by atoms with Crippen molar-refractivity contribution in [1.29, 1.82) is 0 Å². The van der Waals surface area contributed by atoms with E-state index < -0.39 is 0 Å². The molecule has 0 amide bonds. The molecule has 118 valence electrons. The van der Waals surface area contributed by atoms with E-state index in [1.165, 1.54) is 18.4 Å². The minimum atomic E-state index is 0.551. The highest BCUT2D eigenvalue weighted by molar-refractivity contribution is 7.09. The van der Waals surface area contributed by atoms with E-state index >= 15 is 0 Å². The number of aromatic nitrogens is 1. The molecule has 1 fully saturated rings. The molecule has 0 aliphatic heterocycles. The van der Waals surface area contributed by atoms with Gasteiger partial charge in [-0.1, -0.05) is 17.7 Å². The Hall–Kier alpha value is -1.39. The highest BCUT2D eigenvalue weighted by atomic mass is 32.1. The molecule has 1 aliphatic carbocycles. The molecule has 1 aliphatic rings. The van der Waals surface area contributed by atoms with Gasteiger partial charge in [-0.05, 0) is 51.8 Å². The molecule has 2 aromatic rings. The van der Waals surface area contributed by atoms with Crippen molar-refractivity contribution in [2.24, 2.45) is 5.92 Å². The minimum absolute atomic E-state index is 0.551. The van der Waals surface area contributed by atoms with E-state index in [0.717, 1.165) is 28.9 Å². The summed E-state index contributed by atoms with van der Waals surface area (Å²) in [6, 6.07) is 8.81. The molecular weight excluding hydrogens is 292 g/mol. The Morgan fingerprint density at radius 1 is 1.32 bits per heavy atom. The first-order valence-corrected chi connectivity index (χ1v) is 8.83. The lowest BCUT2D eigenvalue weighted by Crippen LogP contribution is -2.30. The van der Waals surface area contributed by atoms with Gasteiger partial charge in [-0.3, -0.25) is 4.90 Å². The summed E-state index contributed by atoms with van der Waals surface area (Å²) in [4.78, 5) is 7.11. The van der Waals surface area contributed by atoms with Crippen LogP contribution in [0.25, 0.3) is 0 Å². The van der Waals surface area contributed by atoms with Crippen molar-refractivity contribution in [2.75, 3.05) is 7.05 Å². The van der Waals surface area contributed by atoms with E-state index in [0.29, 0.717) is 12.6 Å². The fraction of sp³-hybridized carbons (Fsp3) is 0.500. The van der Waals surface area contributed by atoms with Gasteiger partial charge >= 0.3 is 0 Å². The van der Waals surface area contributed by atoms with Gasteiger partial charge in [0, 0.05) is 18.0 Å². The Bertz CT molecular complexity index is 604. The molecule has 1 aromatic heterocycles. The summed E-state index contributed by atoms with van der Waals surface area (Å²) < 4.78 is 5.80. The van der Waals surface area contributed by atoms with Crippen LogP contribution in [0.4, 0.5) is 0 Å². The van der Waals surface area contributed by atoms with Crippen LogP contribution in [0.1, 0.15) is 36.0 Å². The van der Waals surface area contributed by atoms with E-state index in [1.54, 1.807) is 11.3 Å². The van der Waals surface area contributed by atoms with Gasteiger partial charge in [0.05, 0.1) is 5.69 Å². The monoisotopic (exact) mass is 316 g/mol. The van der Waals surface area contributed by atoms with Crippen LogP contribution in [-0.4, -0.2) is 23.0 Å². The second-order valence-electron chi connectivity index (χ2n) is 6.33. The van der Waals surface area contributed by atoms with E-state index in [1.807, 2.05) is 12.1 Å². The van der Waals surface area contributed by atoms with Crippen LogP contribution in [0.3, 0.4) is 0 Å². The summed E-state index contributed by atoms with van der Waals surface area (Å²) in [6.07, 6.45) is 2.77. The van der Waals surface area contributed by atoms with Crippen molar-refractivity contribution < 1.29 is 4.74 Å². The number of thiazole rings is 1. The average molecular weight is 316 g/mol. The van der Waals surface area contributed by atoms with E-state index in [2.05, 4.69) is 43.3 Å². The van der Waals surface area contributed by atoms with Crippen LogP contribution < -0.4 is 4.74 Å². The molecule has 0 N–H and O–H groups in total. The number of rotatable bonds is 7. The molecule has 1 aromatic carbocycles. The maximum Gasteiger partial charge on any atom is 0.140 e. The van der Waals surface area contributed by atoms with Crippen LogP contribution in [-0.2, 0) is 13.2 Å². The number of ether oxygens (including phenoxy) is 1. The Kier molecular flexibility index (Phi) is 4.79. The molecule has 1 atom stereocenters. The number of benzene rings is 1. The summed E-state index contributed by atoms with van der Waals surface area (Å²) in [7, 11) is 2.20. The molecule has 0 saturated heterocycles. The summed E-state index contributed by atoms with van der Waals surface area (Å²) in [5, 5.41) is 3.20.